The van der Waals surface area contributed by atoms with Crippen molar-refractivity contribution >= 4 is 0 Å². The van der Waals surface area contributed by atoms with Crippen LogP contribution in [0, 0.1) is 29.6 Å². The second kappa shape index (κ2) is 5.19. The van der Waals surface area contributed by atoms with E-state index in [-0.39, 0.29) is 0 Å². The predicted octanol–water partition coefficient (Wildman–Crippen LogP) is 4.74. The minimum Gasteiger partial charge on any atom is -0.0654 e. The monoisotopic (exact) mass is 196 g/mol. The highest BCUT2D eigenvalue weighted by Gasteiger charge is 2.30. The summed E-state index contributed by atoms with van der Waals surface area (Å²) in [5, 5.41) is 0. The molecule has 0 spiro atoms. The Morgan fingerprint density at radius 1 is 0.857 bits per heavy atom. The van der Waals surface area contributed by atoms with Gasteiger partial charge in [-0.15, -0.1) is 0 Å². The van der Waals surface area contributed by atoms with Crippen molar-refractivity contribution in [1.82, 2.24) is 0 Å². The first-order valence-electron chi connectivity index (χ1n) is 6.56. The number of rotatable bonds is 2. The van der Waals surface area contributed by atoms with E-state index in [1.807, 2.05) is 0 Å². The smallest absolute Gasteiger partial charge is 0.0383 e. The summed E-state index contributed by atoms with van der Waals surface area (Å²) in [5.74, 6) is 4.76. The maximum absolute atomic E-state index is 2.48. The van der Waals surface area contributed by atoms with Crippen LogP contribution in [0.1, 0.15) is 60.3 Å². The lowest BCUT2D eigenvalue weighted by Crippen LogP contribution is -2.17. The van der Waals surface area contributed by atoms with Crippen molar-refractivity contribution in [3.8, 4) is 0 Å². The molecule has 14 heavy (non-hydrogen) atoms. The van der Waals surface area contributed by atoms with Crippen molar-refractivity contribution in [3.05, 3.63) is 0 Å². The molecule has 0 saturated heterocycles. The van der Waals surface area contributed by atoms with Gasteiger partial charge in [0.2, 0.25) is 0 Å². The highest BCUT2D eigenvalue weighted by atomic mass is 14.4. The van der Waals surface area contributed by atoms with Crippen LogP contribution in [0.3, 0.4) is 0 Å². The lowest BCUT2D eigenvalue weighted by Gasteiger charge is -2.26. The van der Waals surface area contributed by atoms with Gasteiger partial charge in [0.15, 0.2) is 0 Å². The molecule has 1 aliphatic carbocycles. The third-order valence-electron chi connectivity index (χ3n) is 4.69. The Labute approximate surface area is 90.5 Å². The third kappa shape index (κ3) is 2.74. The molecule has 0 aromatic rings. The Kier molecular flexibility index (Phi) is 4.47. The van der Waals surface area contributed by atoms with Gasteiger partial charge in [0, 0.05) is 0 Å². The maximum atomic E-state index is 2.48. The fraction of sp³-hybridized carbons (Fsp3) is 1.00. The van der Waals surface area contributed by atoms with Crippen molar-refractivity contribution in [2.75, 3.05) is 0 Å². The summed E-state index contributed by atoms with van der Waals surface area (Å²) in [6.07, 6.45) is 5.73. The molecule has 5 unspecified atom stereocenters. The van der Waals surface area contributed by atoms with Crippen molar-refractivity contribution < 1.29 is 0 Å². The van der Waals surface area contributed by atoms with Crippen LogP contribution in [0.2, 0.25) is 0 Å². The van der Waals surface area contributed by atoms with E-state index >= 15 is 0 Å². The summed E-state index contributed by atoms with van der Waals surface area (Å²) in [5.41, 5.74) is 0. The van der Waals surface area contributed by atoms with Crippen LogP contribution >= 0.6 is 0 Å². The molecule has 84 valence electrons. The molecule has 1 aliphatic rings. The van der Waals surface area contributed by atoms with Crippen molar-refractivity contribution in [3.63, 3.8) is 0 Å². The fourth-order valence-corrected chi connectivity index (χ4v) is 3.17. The van der Waals surface area contributed by atoms with Crippen LogP contribution < -0.4 is 0 Å². The lowest BCUT2D eigenvalue weighted by atomic mass is 9.80. The first-order chi connectivity index (χ1) is 6.56. The highest BCUT2D eigenvalue weighted by molar-refractivity contribution is 4.81. The summed E-state index contributed by atoms with van der Waals surface area (Å²) < 4.78 is 0. The van der Waals surface area contributed by atoms with Gasteiger partial charge < -0.3 is 0 Å². The molecule has 0 N–H and O–H groups in total. The molecule has 0 heteroatoms. The van der Waals surface area contributed by atoms with Crippen molar-refractivity contribution in [1.29, 1.82) is 0 Å². The first kappa shape index (κ1) is 12.1. The van der Waals surface area contributed by atoms with Gasteiger partial charge in [-0.2, -0.15) is 0 Å². The van der Waals surface area contributed by atoms with Gasteiger partial charge >= 0.3 is 0 Å². The van der Waals surface area contributed by atoms with Crippen molar-refractivity contribution in [2.45, 2.75) is 60.3 Å². The molecule has 0 aliphatic heterocycles. The molecule has 0 radical (unpaired) electrons. The zero-order chi connectivity index (χ0) is 10.7. The van der Waals surface area contributed by atoms with Crippen LogP contribution in [-0.2, 0) is 0 Å². The zero-order valence-electron chi connectivity index (χ0n) is 10.7. The van der Waals surface area contributed by atoms with Gasteiger partial charge in [0.25, 0.3) is 0 Å². The molecule has 5 atom stereocenters. The third-order valence-corrected chi connectivity index (χ3v) is 4.69. The Hall–Kier alpha value is 0. The molecular formula is C14H28. The average molecular weight is 196 g/mol. The van der Waals surface area contributed by atoms with Gasteiger partial charge in [-0.3, -0.25) is 0 Å². The van der Waals surface area contributed by atoms with E-state index in [1.54, 1.807) is 0 Å². The Morgan fingerprint density at radius 2 is 1.43 bits per heavy atom. The highest BCUT2D eigenvalue weighted by Crippen LogP contribution is 2.40. The standard InChI is InChI=1S/C14H28/c1-6-7-14-9-11(3)10(2)8-12(4)13(14)5/h10-14H,6-9H2,1-5H3. The summed E-state index contributed by atoms with van der Waals surface area (Å²) >= 11 is 0. The summed E-state index contributed by atoms with van der Waals surface area (Å²) in [6, 6.07) is 0. The van der Waals surface area contributed by atoms with Crippen LogP contribution in [-0.4, -0.2) is 0 Å². The van der Waals surface area contributed by atoms with E-state index in [0.717, 1.165) is 29.6 Å². The predicted molar refractivity (Wildman–Crippen MR) is 64.3 cm³/mol. The van der Waals surface area contributed by atoms with Gasteiger partial charge in [0.1, 0.15) is 0 Å². The molecule has 0 aromatic carbocycles. The molecule has 0 heterocycles. The number of hydrogen-bond donors (Lipinski definition) is 0. The van der Waals surface area contributed by atoms with Gasteiger partial charge in [-0.25, -0.2) is 0 Å². The van der Waals surface area contributed by atoms with E-state index in [9.17, 15) is 0 Å². The van der Waals surface area contributed by atoms with E-state index in [1.165, 1.54) is 25.7 Å². The molecule has 1 saturated carbocycles. The van der Waals surface area contributed by atoms with Crippen LogP contribution in [0.25, 0.3) is 0 Å². The molecule has 1 rings (SSSR count). The zero-order valence-corrected chi connectivity index (χ0v) is 10.7. The van der Waals surface area contributed by atoms with Crippen LogP contribution in [0.15, 0.2) is 0 Å². The molecule has 0 nitrogen and oxygen atoms in total. The minimum atomic E-state index is 0.937. The minimum absolute atomic E-state index is 0.937. The Morgan fingerprint density at radius 3 is 2.00 bits per heavy atom. The van der Waals surface area contributed by atoms with E-state index in [0.29, 0.717) is 0 Å². The van der Waals surface area contributed by atoms with Gasteiger partial charge in [0.05, 0.1) is 0 Å². The van der Waals surface area contributed by atoms with Crippen LogP contribution in [0.5, 0.6) is 0 Å². The number of hydrogen-bond acceptors (Lipinski definition) is 0. The second-order valence-corrected chi connectivity index (χ2v) is 5.81. The first-order valence-corrected chi connectivity index (χ1v) is 6.56. The quantitative estimate of drug-likeness (QED) is 0.560. The van der Waals surface area contributed by atoms with Gasteiger partial charge in [-0.05, 0) is 42.4 Å². The van der Waals surface area contributed by atoms with Crippen molar-refractivity contribution in [2.24, 2.45) is 29.6 Å². The molecule has 0 aromatic heterocycles. The largest absolute Gasteiger partial charge is 0.0654 e. The topological polar surface area (TPSA) is 0 Å². The van der Waals surface area contributed by atoms with Gasteiger partial charge in [-0.1, -0.05) is 47.5 Å². The van der Waals surface area contributed by atoms with E-state index in [2.05, 4.69) is 34.6 Å². The van der Waals surface area contributed by atoms with E-state index in [4.69, 9.17) is 0 Å². The Balaban J connectivity index is 2.65. The summed E-state index contributed by atoms with van der Waals surface area (Å²) in [4.78, 5) is 0. The SMILES string of the molecule is CCCC1CC(C)C(C)CC(C)C1C. The molecule has 0 bridgehead atoms. The average Bonchev–Trinajstić information content (AvgIpc) is 2.21. The Bertz CT molecular complexity index is 161. The second-order valence-electron chi connectivity index (χ2n) is 5.81. The fourth-order valence-electron chi connectivity index (χ4n) is 3.17. The molecule has 0 amide bonds. The maximum Gasteiger partial charge on any atom is -0.0383 e. The molecule has 1 fully saturated rings. The summed E-state index contributed by atoms with van der Waals surface area (Å²) in [6.45, 7) is 12.2. The molecular weight excluding hydrogens is 168 g/mol. The lowest BCUT2D eigenvalue weighted by molar-refractivity contribution is 0.243. The summed E-state index contributed by atoms with van der Waals surface area (Å²) in [7, 11) is 0. The normalized spacial score (nSPS) is 44.8. The van der Waals surface area contributed by atoms with Crippen LogP contribution in [0.4, 0.5) is 0 Å². The van der Waals surface area contributed by atoms with E-state index < -0.39 is 0 Å².